The molecule has 0 saturated heterocycles. The van der Waals surface area contributed by atoms with Gasteiger partial charge in [0.25, 0.3) is 0 Å². The second kappa shape index (κ2) is 8.29. The summed E-state index contributed by atoms with van der Waals surface area (Å²) in [5, 5.41) is 0. The second-order valence-electron chi connectivity index (χ2n) is 6.83. The van der Waals surface area contributed by atoms with Gasteiger partial charge in [-0.15, -0.1) is 0 Å². The molecule has 0 spiro atoms. The van der Waals surface area contributed by atoms with E-state index in [4.69, 9.17) is 0 Å². The van der Waals surface area contributed by atoms with Crippen LogP contribution in [0, 0.1) is 11.6 Å². The number of rotatable bonds is 5. The molecular weight excluding hydrogens is 386 g/mol. The molecule has 4 nitrogen and oxygen atoms in total. The summed E-state index contributed by atoms with van der Waals surface area (Å²) in [6.45, 7) is 0. The van der Waals surface area contributed by atoms with Crippen molar-refractivity contribution in [3.8, 4) is 0 Å². The first kappa shape index (κ1) is 19.5. The maximum Gasteiger partial charge on any atom is 0.194 e. The van der Waals surface area contributed by atoms with E-state index < -0.39 is 11.6 Å². The van der Waals surface area contributed by atoms with Crippen molar-refractivity contribution in [1.29, 1.82) is 0 Å². The molecule has 6 heteroatoms. The van der Waals surface area contributed by atoms with Crippen molar-refractivity contribution >= 4 is 17.8 Å². The number of pyridine rings is 1. The lowest BCUT2D eigenvalue weighted by Crippen LogP contribution is -2.11. The molecule has 2 aromatic carbocycles. The molecule has 1 unspecified atom stereocenters. The van der Waals surface area contributed by atoms with Crippen molar-refractivity contribution in [3.63, 3.8) is 0 Å². The zero-order valence-corrected chi connectivity index (χ0v) is 15.8. The van der Waals surface area contributed by atoms with E-state index in [-0.39, 0.29) is 17.6 Å². The predicted octanol–water partition coefficient (Wildman–Crippen LogP) is 4.92. The first-order chi connectivity index (χ1) is 14.5. The SMILES string of the molecule is O=C(C1=CCC(c2ccc(C(=O)c3ccc(F)cc3)cn2)N=C1)c1ccc(F)cc1. The second-order valence-corrected chi connectivity index (χ2v) is 6.83. The fraction of sp³-hybridized carbons (Fsp3) is 0.0833. The minimum Gasteiger partial charge on any atom is -0.289 e. The third kappa shape index (κ3) is 4.12. The van der Waals surface area contributed by atoms with Crippen molar-refractivity contribution in [2.45, 2.75) is 12.5 Å². The van der Waals surface area contributed by atoms with Gasteiger partial charge in [0.1, 0.15) is 11.6 Å². The fourth-order valence-electron chi connectivity index (χ4n) is 3.14. The molecule has 30 heavy (non-hydrogen) atoms. The Balaban J connectivity index is 1.44. The van der Waals surface area contributed by atoms with E-state index in [1.165, 1.54) is 60.9 Å². The van der Waals surface area contributed by atoms with Crippen molar-refractivity contribution in [1.82, 2.24) is 4.98 Å². The number of dihydropyridines is 1. The van der Waals surface area contributed by atoms with Gasteiger partial charge in [-0.1, -0.05) is 6.08 Å². The minimum atomic E-state index is -0.402. The lowest BCUT2D eigenvalue weighted by molar-refractivity contribution is 0.103. The van der Waals surface area contributed by atoms with E-state index >= 15 is 0 Å². The Labute approximate surface area is 171 Å². The molecule has 0 bridgehead atoms. The van der Waals surface area contributed by atoms with Crippen molar-refractivity contribution in [3.05, 3.63) is 113 Å². The van der Waals surface area contributed by atoms with Crippen LogP contribution in [0.1, 0.15) is 44.4 Å². The van der Waals surface area contributed by atoms with E-state index in [2.05, 4.69) is 9.98 Å². The van der Waals surface area contributed by atoms with Gasteiger partial charge in [-0.2, -0.15) is 0 Å². The van der Waals surface area contributed by atoms with Crippen LogP contribution in [0.3, 0.4) is 0 Å². The number of halogens is 2. The van der Waals surface area contributed by atoms with E-state index in [0.29, 0.717) is 34.4 Å². The number of hydrogen-bond acceptors (Lipinski definition) is 4. The monoisotopic (exact) mass is 402 g/mol. The number of Topliss-reactive ketones (excluding diaryl/α,β-unsaturated/α-hetero) is 1. The standard InChI is InChI=1S/C24H16F2N2O2/c25-19-7-1-15(2-8-19)23(29)17-5-11-21(27-13-17)22-12-6-18(14-28-22)24(30)16-3-9-20(26)10-4-16/h1-11,13-14,22H,12H2. The molecule has 0 N–H and O–H groups in total. The first-order valence-corrected chi connectivity index (χ1v) is 9.31. The van der Waals surface area contributed by atoms with Gasteiger partial charge in [0, 0.05) is 34.7 Å². The summed E-state index contributed by atoms with van der Waals surface area (Å²) in [5.41, 5.74) is 2.29. The quantitative estimate of drug-likeness (QED) is 0.570. The zero-order valence-electron chi connectivity index (χ0n) is 15.8. The Kier molecular flexibility index (Phi) is 5.39. The molecule has 0 fully saturated rings. The largest absolute Gasteiger partial charge is 0.289 e. The van der Waals surface area contributed by atoms with Gasteiger partial charge in [-0.3, -0.25) is 19.6 Å². The predicted molar refractivity (Wildman–Crippen MR) is 109 cm³/mol. The third-order valence-electron chi connectivity index (χ3n) is 4.82. The molecule has 1 atom stereocenters. The van der Waals surface area contributed by atoms with Crippen LogP contribution in [-0.4, -0.2) is 22.8 Å². The van der Waals surface area contributed by atoms with Gasteiger partial charge < -0.3 is 0 Å². The molecule has 4 rings (SSSR count). The highest BCUT2D eigenvalue weighted by Crippen LogP contribution is 2.25. The van der Waals surface area contributed by atoms with Gasteiger partial charge >= 0.3 is 0 Å². The molecule has 0 saturated carbocycles. The Morgan fingerprint density at radius 2 is 1.33 bits per heavy atom. The van der Waals surface area contributed by atoms with Crippen LogP contribution in [0.15, 0.2) is 83.5 Å². The summed E-state index contributed by atoms with van der Waals surface area (Å²) in [6.07, 6.45) is 5.23. The van der Waals surface area contributed by atoms with Gasteiger partial charge in [-0.05, 0) is 67.1 Å². The molecule has 1 aliphatic rings. The topological polar surface area (TPSA) is 59.4 Å². The molecule has 0 radical (unpaired) electrons. The summed E-state index contributed by atoms with van der Waals surface area (Å²) in [4.78, 5) is 33.7. The molecule has 1 aromatic heterocycles. The zero-order chi connectivity index (χ0) is 21.1. The average molecular weight is 402 g/mol. The van der Waals surface area contributed by atoms with E-state index in [0.717, 1.165) is 0 Å². The van der Waals surface area contributed by atoms with Crippen LogP contribution in [0.25, 0.3) is 0 Å². The number of aliphatic imine (C=N–C) groups is 1. The van der Waals surface area contributed by atoms with Crippen LogP contribution in [0.2, 0.25) is 0 Å². The van der Waals surface area contributed by atoms with Gasteiger partial charge in [0.2, 0.25) is 0 Å². The lowest BCUT2D eigenvalue weighted by atomic mass is 9.98. The summed E-state index contributed by atoms with van der Waals surface area (Å²) < 4.78 is 26.1. The maximum atomic E-state index is 13.0. The van der Waals surface area contributed by atoms with Crippen LogP contribution in [-0.2, 0) is 0 Å². The van der Waals surface area contributed by atoms with Crippen LogP contribution < -0.4 is 0 Å². The number of aromatic nitrogens is 1. The van der Waals surface area contributed by atoms with Crippen LogP contribution in [0.5, 0.6) is 0 Å². The number of carbonyl (C=O) groups excluding carboxylic acids is 2. The minimum absolute atomic E-state index is 0.217. The highest BCUT2D eigenvalue weighted by molar-refractivity contribution is 6.21. The van der Waals surface area contributed by atoms with E-state index in [9.17, 15) is 18.4 Å². The van der Waals surface area contributed by atoms with E-state index in [1.54, 1.807) is 18.2 Å². The summed E-state index contributed by atoms with van der Waals surface area (Å²) in [7, 11) is 0. The summed E-state index contributed by atoms with van der Waals surface area (Å²) >= 11 is 0. The Hall–Kier alpha value is -3.80. The molecule has 2 heterocycles. The molecule has 148 valence electrons. The summed E-state index contributed by atoms with van der Waals surface area (Å²) in [5.74, 6) is -1.26. The number of allylic oxidation sites excluding steroid dienone is 1. The van der Waals surface area contributed by atoms with Gasteiger partial charge in [0.05, 0.1) is 11.7 Å². The third-order valence-corrected chi connectivity index (χ3v) is 4.82. The fourth-order valence-corrected chi connectivity index (χ4v) is 3.14. The summed E-state index contributed by atoms with van der Waals surface area (Å²) in [6, 6.07) is 13.8. The number of nitrogens with zero attached hydrogens (tertiary/aromatic N) is 2. The molecule has 1 aliphatic heterocycles. The molecule has 0 aliphatic carbocycles. The average Bonchev–Trinajstić information content (AvgIpc) is 2.79. The number of carbonyl (C=O) groups is 2. The number of hydrogen-bond donors (Lipinski definition) is 0. The lowest BCUT2D eigenvalue weighted by Gasteiger charge is -2.15. The highest BCUT2D eigenvalue weighted by Gasteiger charge is 2.19. The highest BCUT2D eigenvalue weighted by atomic mass is 19.1. The molecule has 3 aromatic rings. The van der Waals surface area contributed by atoms with Crippen molar-refractivity contribution < 1.29 is 18.4 Å². The molecule has 0 amide bonds. The number of ketones is 2. The van der Waals surface area contributed by atoms with Gasteiger partial charge in [0.15, 0.2) is 11.6 Å². The Bertz CT molecular complexity index is 1150. The van der Waals surface area contributed by atoms with Crippen LogP contribution >= 0.6 is 0 Å². The first-order valence-electron chi connectivity index (χ1n) is 9.31. The van der Waals surface area contributed by atoms with Crippen LogP contribution in [0.4, 0.5) is 8.78 Å². The van der Waals surface area contributed by atoms with Gasteiger partial charge in [-0.25, -0.2) is 8.78 Å². The maximum absolute atomic E-state index is 13.0. The van der Waals surface area contributed by atoms with Crippen molar-refractivity contribution in [2.24, 2.45) is 4.99 Å². The smallest absolute Gasteiger partial charge is 0.194 e. The number of benzene rings is 2. The molecular formula is C24H16F2N2O2. The normalized spacial score (nSPS) is 15.5. The van der Waals surface area contributed by atoms with E-state index in [1.807, 2.05) is 0 Å². The van der Waals surface area contributed by atoms with Crippen molar-refractivity contribution in [2.75, 3.05) is 0 Å². The Morgan fingerprint density at radius 1 is 0.767 bits per heavy atom. The Morgan fingerprint density at radius 3 is 1.83 bits per heavy atom.